The molecule has 0 saturated heterocycles. The zero-order valence-electron chi connectivity index (χ0n) is 39.1. The van der Waals surface area contributed by atoms with Gasteiger partial charge in [-0.15, -0.1) is 0 Å². The highest BCUT2D eigenvalue weighted by atomic mass is 16.5. The Morgan fingerprint density at radius 3 is 2.19 bits per heavy atom. The standard InChI is InChI=1S/C33H57NO3.C10H21NO.C3H8N2O.C2H6/c1-7-31(4,22-35)34-30(36)21-37-26-16-18-33(6)25(20-26)12-14-27-28-15-13-24(11-9-8-10-23(2)3)32(28,5)19-17-29(27)33;1-4-5-8-11-10(12)7-6-9(2)3;1-5-2-3(4)6;1-2/h12,23-24,26-29,35H,7-11,13-22H2,1-6H3,(H,34,36);9H,4-8H2,1-3H3,(H,11,12);5H,2H2,1H3,(H2,4,6);1-2H3/t24-,26?,27-,28?,29?,31?,32?,33?;;;/m0.../s1. The highest BCUT2D eigenvalue weighted by Gasteiger charge is 2.58. The molecule has 0 radical (unpaired) electrons. The van der Waals surface area contributed by atoms with Crippen LogP contribution in [0.1, 0.15) is 185 Å². The number of ether oxygens (including phenoxy) is 1. The molecule has 3 fully saturated rings. The molecule has 0 aliphatic heterocycles. The summed E-state index contributed by atoms with van der Waals surface area (Å²) in [4.78, 5) is 33.3. The summed E-state index contributed by atoms with van der Waals surface area (Å²) in [5, 5.41) is 18.0. The van der Waals surface area contributed by atoms with Gasteiger partial charge in [-0.25, -0.2) is 0 Å². The first-order valence-electron chi connectivity index (χ1n) is 23.4. The number of fused-ring (bicyclic) bond motifs is 5. The van der Waals surface area contributed by atoms with Crippen molar-refractivity contribution in [3.8, 4) is 0 Å². The fraction of sp³-hybridized carbons (Fsp3) is 0.896. The molecule has 57 heavy (non-hydrogen) atoms. The first kappa shape index (κ1) is 53.0. The summed E-state index contributed by atoms with van der Waals surface area (Å²) in [7, 11) is 1.67. The molecule has 0 aromatic carbocycles. The van der Waals surface area contributed by atoms with Crippen molar-refractivity contribution >= 4 is 17.7 Å². The minimum absolute atomic E-state index is 0.0502. The van der Waals surface area contributed by atoms with E-state index in [0.29, 0.717) is 29.6 Å². The van der Waals surface area contributed by atoms with Crippen molar-refractivity contribution in [1.29, 1.82) is 0 Å². The Balaban J connectivity index is 0.000000673. The Morgan fingerprint density at radius 1 is 0.947 bits per heavy atom. The molecule has 8 atom stereocenters. The zero-order chi connectivity index (χ0) is 43.2. The molecule has 6 N–H and O–H groups in total. The number of primary amides is 1. The maximum Gasteiger partial charge on any atom is 0.246 e. The van der Waals surface area contributed by atoms with Gasteiger partial charge < -0.3 is 31.5 Å². The van der Waals surface area contributed by atoms with E-state index >= 15 is 0 Å². The number of aliphatic hydroxyl groups is 1. The van der Waals surface area contributed by atoms with Crippen LogP contribution in [0.3, 0.4) is 0 Å². The van der Waals surface area contributed by atoms with Crippen LogP contribution in [-0.4, -0.2) is 67.8 Å². The minimum atomic E-state index is -0.560. The van der Waals surface area contributed by atoms with E-state index in [0.717, 1.165) is 68.2 Å². The Morgan fingerprint density at radius 2 is 1.63 bits per heavy atom. The van der Waals surface area contributed by atoms with Crippen molar-refractivity contribution < 1.29 is 24.2 Å². The normalized spacial score (nSPS) is 28.3. The topological polar surface area (TPSA) is 143 Å². The Kier molecular flexibility index (Phi) is 25.1. The minimum Gasteiger partial charge on any atom is -0.394 e. The van der Waals surface area contributed by atoms with E-state index in [-0.39, 0.29) is 43.6 Å². The number of nitrogens with one attached hydrogen (secondary N) is 3. The number of nitrogens with two attached hydrogens (primary N) is 1. The number of unbranched alkanes of at least 4 members (excludes halogenated alkanes) is 2. The summed E-state index contributed by atoms with van der Waals surface area (Å²) < 4.78 is 6.14. The van der Waals surface area contributed by atoms with Gasteiger partial charge in [-0.1, -0.05) is 107 Å². The average Bonchev–Trinajstić information content (AvgIpc) is 3.52. The summed E-state index contributed by atoms with van der Waals surface area (Å²) in [6.07, 6.45) is 23.3. The molecule has 9 heteroatoms. The monoisotopic (exact) mass is 805 g/mol. The molecule has 9 nitrogen and oxygen atoms in total. The molecule has 0 aromatic rings. The lowest BCUT2D eigenvalue weighted by atomic mass is 9.47. The second kappa shape index (κ2) is 27.0. The number of allylic oxidation sites excluding steroid dienone is 1. The second-order valence-electron chi connectivity index (χ2n) is 19.2. The van der Waals surface area contributed by atoms with Crippen molar-refractivity contribution in [3.05, 3.63) is 11.6 Å². The molecule has 0 aromatic heterocycles. The number of hydrogen-bond donors (Lipinski definition) is 5. The third-order valence-electron chi connectivity index (χ3n) is 14.0. The molecule has 3 saturated carbocycles. The molecule has 4 aliphatic carbocycles. The highest BCUT2D eigenvalue weighted by Crippen LogP contribution is 2.66. The third kappa shape index (κ3) is 17.3. The Hall–Kier alpha value is -1.97. The smallest absolute Gasteiger partial charge is 0.246 e. The van der Waals surface area contributed by atoms with Crippen LogP contribution in [-0.2, 0) is 19.1 Å². The first-order chi connectivity index (χ1) is 27.0. The van der Waals surface area contributed by atoms with Gasteiger partial charge in [0, 0.05) is 13.0 Å². The van der Waals surface area contributed by atoms with E-state index in [2.05, 4.69) is 70.5 Å². The second-order valence-corrected chi connectivity index (χ2v) is 19.2. The molecular formula is C48H92N4O5. The SMILES string of the molecule is CC.CCC(C)(CO)NC(=O)COC1CCC2(C)C(=CC[C@@H]3C2CCC2(C)C3CC[C@@H]2CCCCC(C)C)C1.CCCCNC(=O)CCC(C)C.CNCC(N)=O. The molecule has 6 unspecified atom stereocenters. The maximum atomic E-state index is 12.5. The molecule has 0 heterocycles. The van der Waals surface area contributed by atoms with Crippen molar-refractivity contribution in [3.63, 3.8) is 0 Å². The van der Waals surface area contributed by atoms with Gasteiger partial charge in [-0.3, -0.25) is 14.4 Å². The van der Waals surface area contributed by atoms with Gasteiger partial charge in [-0.05, 0) is 137 Å². The highest BCUT2D eigenvalue weighted by molar-refractivity contribution is 5.78. The van der Waals surface area contributed by atoms with Gasteiger partial charge in [0.1, 0.15) is 6.61 Å². The largest absolute Gasteiger partial charge is 0.394 e. The van der Waals surface area contributed by atoms with Crippen LogP contribution >= 0.6 is 0 Å². The summed E-state index contributed by atoms with van der Waals surface area (Å²) >= 11 is 0. The molecule has 0 bridgehead atoms. The van der Waals surface area contributed by atoms with Crippen molar-refractivity contribution in [2.24, 2.45) is 52.1 Å². The van der Waals surface area contributed by atoms with Crippen LogP contribution in [0.25, 0.3) is 0 Å². The lowest BCUT2D eigenvalue weighted by Gasteiger charge is -2.58. The lowest BCUT2D eigenvalue weighted by molar-refractivity contribution is -0.131. The number of amides is 3. The molecule has 4 rings (SSSR count). The number of likely N-dealkylation sites (N-methyl/N-ethyl adjacent to an activating group) is 1. The van der Waals surface area contributed by atoms with E-state index in [9.17, 15) is 19.5 Å². The number of carbonyl (C=O) groups is 3. The maximum absolute atomic E-state index is 12.5. The van der Waals surface area contributed by atoms with Crippen molar-refractivity contribution in [2.75, 3.05) is 33.4 Å². The van der Waals surface area contributed by atoms with E-state index in [1.165, 1.54) is 64.2 Å². The number of hydrogen-bond acceptors (Lipinski definition) is 6. The van der Waals surface area contributed by atoms with Crippen LogP contribution in [0.5, 0.6) is 0 Å². The van der Waals surface area contributed by atoms with E-state index < -0.39 is 5.54 Å². The van der Waals surface area contributed by atoms with E-state index in [1.54, 1.807) is 12.6 Å². The van der Waals surface area contributed by atoms with Crippen LogP contribution in [0.15, 0.2) is 11.6 Å². The molecular weight excluding hydrogens is 713 g/mol. The predicted molar refractivity (Wildman–Crippen MR) is 239 cm³/mol. The number of carbonyl (C=O) groups excluding carboxylic acids is 3. The molecule has 334 valence electrons. The van der Waals surface area contributed by atoms with Gasteiger partial charge in [0.2, 0.25) is 17.7 Å². The lowest BCUT2D eigenvalue weighted by Crippen LogP contribution is -2.51. The zero-order valence-corrected chi connectivity index (χ0v) is 39.1. The summed E-state index contributed by atoms with van der Waals surface area (Å²) in [5.74, 6) is 4.78. The fourth-order valence-corrected chi connectivity index (χ4v) is 10.2. The molecule has 0 spiro atoms. The summed E-state index contributed by atoms with van der Waals surface area (Å²) in [5.41, 5.74) is 6.64. The van der Waals surface area contributed by atoms with Gasteiger partial charge in [0.25, 0.3) is 0 Å². The summed E-state index contributed by atoms with van der Waals surface area (Å²) in [6, 6.07) is 0. The third-order valence-corrected chi connectivity index (χ3v) is 14.0. The molecule has 4 aliphatic rings. The van der Waals surface area contributed by atoms with Gasteiger partial charge >= 0.3 is 0 Å². The Labute approximate surface area is 351 Å². The van der Waals surface area contributed by atoms with Crippen molar-refractivity contribution in [1.82, 2.24) is 16.0 Å². The van der Waals surface area contributed by atoms with E-state index in [4.69, 9.17) is 10.5 Å². The Bertz CT molecular complexity index is 1190. The van der Waals surface area contributed by atoms with Crippen LogP contribution in [0.2, 0.25) is 0 Å². The first-order valence-corrected chi connectivity index (χ1v) is 23.4. The number of aliphatic hydroxyl groups excluding tert-OH is 1. The number of rotatable bonds is 19. The van der Waals surface area contributed by atoms with Crippen LogP contribution in [0.4, 0.5) is 0 Å². The predicted octanol–water partition coefficient (Wildman–Crippen LogP) is 9.50. The van der Waals surface area contributed by atoms with E-state index in [1.807, 2.05) is 27.7 Å². The average molecular weight is 805 g/mol. The summed E-state index contributed by atoms with van der Waals surface area (Å²) in [6.45, 7) is 25.4. The fourth-order valence-electron chi connectivity index (χ4n) is 10.2. The molecule has 3 amide bonds. The van der Waals surface area contributed by atoms with Crippen LogP contribution in [0, 0.1) is 46.3 Å². The quantitative estimate of drug-likeness (QED) is 0.0651. The van der Waals surface area contributed by atoms with Gasteiger partial charge in [-0.2, -0.15) is 0 Å². The van der Waals surface area contributed by atoms with Crippen LogP contribution < -0.4 is 21.7 Å². The van der Waals surface area contributed by atoms with Crippen molar-refractivity contribution in [2.45, 2.75) is 197 Å². The van der Waals surface area contributed by atoms with Gasteiger partial charge in [0.15, 0.2) is 0 Å². The van der Waals surface area contributed by atoms with Gasteiger partial charge in [0.05, 0.1) is 24.8 Å².